The van der Waals surface area contributed by atoms with E-state index in [9.17, 15) is 4.79 Å². The van der Waals surface area contributed by atoms with Gasteiger partial charge < -0.3 is 4.74 Å². The Hall–Kier alpha value is -1.62. The molecular weight excluding hydrogens is 254 g/mol. The number of tetrazole rings is 1. The number of nitrogens with zero attached hydrogens (tertiary/aromatic N) is 5. The summed E-state index contributed by atoms with van der Waals surface area (Å²) in [6.45, 7) is 3.75. The fraction of sp³-hybridized carbons (Fsp3) is 0.700. The fourth-order valence-electron chi connectivity index (χ4n) is 1.04. The van der Waals surface area contributed by atoms with Crippen LogP contribution in [-0.2, 0) is 16.1 Å². The van der Waals surface area contributed by atoms with Gasteiger partial charge in [0.2, 0.25) is 5.16 Å². The number of rotatable bonds is 6. The maximum atomic E-state index is 11.1. The highest BCUT2D eigenvalue weighted by atomic mass is 32.2. The Morgan fingerprint density at radius 2 is 2.33 bits per heavy atom. The monoisotopic (exact) mass is 269 g/mol. The Balaban J connectivity index is 2.51. The highest BCUT2D eigenvalue weighted by Crippen LogP contribution is 2.24. The van der Waals surface area contributed by atoms with Gasteiger partial charge in [-0.2, -0.15) is 5.26 Å². The second kappa shape index (κ2) is 6.35. The van der Waals surface area contributed by atoms with Crippen molar-refractivity contribution in [3.8, 4) is 6.07 Å². The van der Waals surface area contributed by atoms with Crippen LogP contribution in [0.2, 0.25) is 0 Å². The van der Waals surface area contributed by atoms with Crippen molar-refractivity contribution in [3.05, 3.63) is 0 Å². The molecule has 0 unspecified atom stereocenters. The Labute approximate surface area is 109 Å². The Morgan fingerprint density at radius 3 is 2.94 bits per heavy atom. The lowest BCUT2D eigenvalue weighted by Gasteiger charge is -2.13. The van der Waals surface area contributed by atoms with Gasteiger partial charge >= 0.3 is 5.97 Å². The molecule has 18 heavy (non-hydrogen) atoms. The first-order chi connectivity index (χ1) is 8.48. The number of nitriles is 1. The zero-order valence-electron chi connectivity index (χ0n) is 10.6. The normalized spacial score (nSPS) is 11.0. The van der Waals surface area contributed by atoms with E-state index in [-0.39, 0.29) is 12.0 Å². The van der Waals surface area contributed by atoms with Crippen molar-refractivity contribution in [2.45, 2.75) is 32.0 Å². The Morgan fingerprint density at radius 1 is 1.61 bits per heavy atom. The number of ether oxygens (including phenoxy) is 1. The van der Waals surface area contributed by atoms with Gasteiger partial charge in [0.25, 0.3) is 0 Å². The van der Waals surface area contributed by atoms with Crippen LogP contribution in [-0.4, -0.2) is 39.0 Å². The lowest BCUT2D eigenvalue weighted by molar-refractivity contribution is -0.141. The molecule has 98 valence electrons. The van der Waals surface area contributed by atoms with Crippen molar-refractivity contribution >= 4 is 17.7 Å². The minimum atomic E-state index is -0.401. The van der Waals surface area contributed by atoms with Gasteiger partial charge in [-0.1, -0.05) is 11.8 Å². The number of aromatic nitrogens is 4. The van der Waals surface area contributed by atoms with Crippen LogP contribution < -0.4 is 0 Å². The molecule has 1 aromatic rings. The van der Waals surface area contributed by atoms with E-state index in [4.69, 9.17) is 5.26 Å². The maximum absolute atomic E-state index is 11.1. The summed E-state index contributed by atoms with van der Waals surface area (Å²) in [5, 5.41) is 20.5. The van der Waals surface area contributed by atoms with Crippen LogP contribution in [0, 0.1) is 16.7 Å². The van der Waals surface area contributed by atoms with Gasteiger partial charge in [0, 0.05) is 5.75 Å². The summed E-state index contributed by atoms with van der Waals surface area (Å²) in [6.07, 6.45) is 0.721. The SMILES string of the molecule is COC(=O)Cn1nnnc1SCCC(C)(C)C#N. The third kappa shape index (κ3) is 4.33. The molecular formula is C10H15N5O2S. The van der Waals surface area contributed by atoms with Crippen molar-refractivity contribution in [2.24, 2.45) is 5.41 Å². The van der Waals surface area contributed by atoms with Crippen LogP contribution >= 0.6 is 11.8 Å². The van der Waals surface area contributed by atoms with E-state index in [2.05, 4.69) is 26.3 Å². The lowest BCUT2D eigenvalue weighted by atomic mass is 9.93. The van der Waals surface area contributed by atoms with Gasteiger partial charge in [-0.25, -0.2) is 4.68 Å². The smallest absolute Gasteiger partial charge is 0.327 e. The molecule has 0 saturated heterocycles. The van der Waals surface area contributed by atoms with Gasteiger partial charge in [0.15, 0.2) is 0 Å². The van der Waals surface area contributed by atoms with Gasteiger partial charge in [0.05, 0.1) is 18.6 Å². The van der Waals surface area contributed by atoms with Crippen LogP contribution in [0.5, 0.6) is 0 Å². The van der Waals surface area contributed by atoms with Crippen molar-refractivity contribution < 1.29 is 9.53 Å². The Kier molecular flexibility index (Phi) is 5.09. The quantitative estimate of drug-likeness (QED) is 0.559. The number of carbonyl (C=O) groups excluding carboxylic acids is 1. The van der Waals surface area contributed by atoms with E-state index in [0.717, 1.165) is 6.42 Å². The van der Waals surface area contributed by atoms with Crippen LogP contribution in [0.25, 0.3) is 0 Å². The summed E-state index contributed by atoms with van der Waals surface area (Å²) in [4.78, 5) is 11.1. The number of thioether (sulfide) groups is 1. The summed E-state index contributed by atoms with van der Waals surface area (Å²) in [6, 6.07) is 2.23. The zero-order chi connectivity index (χ0) is 13.6. The third-order valence-corrected chi connectivity index (χ3v) is 3.23. The molecule has 1 rings (SSSR count). The summed E-state index contributed by atoms with van der Waals surface area (Å²) < 4.78 is 5.93. The molecule has 0 spiro atoms. The van der Waals surface area contributed by atoms with Gasteiger partial charge in [-0.05, 0) is 30.7 Å². The molecule has 0 saturated carbocycles. The molecule has 0 aromatic carbocycles. The van der Waals surface area contributed by atoms with Crippen molar-refractivity contribution in [3.63, 3.8) is 0 Å². The molecule has 0 N–H and O–H groups in total. The predicted octanol–water partition coefficient (Wildman–Crippen LogP) is 0.878. The fourth-order valence-corrected chi connectivity index (χ4v) is 2.18. The second-order valence-electron chi connectivity index (χ2n) is 4.29. The first kappa shape index (κ1) is 14.4. The van der Waals surface area contributed by atoms with E-state index in [1.54, 1.807) is 0 Å². The van der Waals surface area contributed by atoms with E-state index in [1.165, 1.54) is 23.6 Å². The molecule has 0 radical (unpaired) electrons. The maximum Gasteiger partial charge on any atom is 0.327 e. The number of methoxy groups -OCH3 is 1. The average molecular weight is 269 g/mol. The molecule has 8 heteroatoms. The lowest BCUT2D eigenvalue weighted by Crippen LogP contribution is -2.14. The van der Waals surface area contributed by atoms with Crippen LogP contribution in [0.15, 0.2) is 5.16 Å². The highest BCUT2D eigenvalue weighted by molar-refractivity contribution is 7.99. The van der Waals surface area contributed by atoms with Crippen molar-refractivity contribution in [2.75, 3.05) is 12.9 Å². The standard InChI is InChI=1S/C10H15N5O2S/c1-10(2,7-11)4-5-18-9-12-13-14-15(9)6-8(16)17-3/h4-6H2,1-3H3. The zero-order valence-corrected chi connectivity index (χ0v) is 11.4. The van der Waals surface area contributed by atoms with Crippen molar-refractivity contribution in [1.29, 1.82) is 5.26 Å². The van der Waals surface area contributed by atoms with E-state index in [1.807, 2.05) is 13.8 Å². The highest BCUT2D eigenvalue weighted by Gasteiger charge is 2.17. The number of hydrogen-bond donors (Lipinski definition) is 0. The average Bonchev–Trinajstić information content (AvgIpc) is 2.76. The van der Waals surface area contributed by atoms with Gasteiger partial charge in [0.1, 0.15) is 6.54 Å². The molecule has 1 aromatic heterocycles. The third-order valence-electron chi connectivity index (χ3n) is 2.27. The number of carbonyl (C=O) groups is 1. The van der Waals surface area contributed by atoms with Crippen LogP contribution in [0.1, 0.15) is 20.3 Å². The van der Waals surface area contributed by atoms with Crippen molar-refractivity contribution in [1.82, 2.24) is 20.2 Å². The van der Waals surface area contributed by atoms with Gasteiger partial charge in [-0.15, -0.1) is 5.10 Å². The van der Waals surface area contributed by atoms with Crippen LogP contribution in [0.3, 0.4) is 0 Å². The molecule has 0 aliphatic carbocycles. The summed E-state index contributed by atoms with van der Waals surface area (Å²) in [5.41, 5.74) is -0.367. The first-order valence-corrected chi connectivity index (χ1v) is 6.34. The topological polar surface area (TPSA) is 93.7 Å². The number of esters is 1. The molecule has 0 fully saturated rings. The minimum absolute atomic E-state index is 0.00647. The molecule has 0 atom stereocenters. The Bertz CT molecular complexity index is 451. The van der Waals surface area contributed by atoms with E-state index in [0.29, 0.717) is 10.9 Å². The molecule has 7 nitrogen and oxygen atoms in total. The predicted molar refractivity (Wildman–Crippen MR) is 64.6 cm³/mol. The molecule has 0 bridgehead atoms. The minimum Gasteiger partial charge on any atom is -0.468 e. The number of hydrogen-bond acceptors (Lipinski definition) is 7. The van der Waals surface area contributed by atoms with E-state index < -0.39 is 5.97 Å². The molecule has 1 heterocycles. The molecule has 0 aliphatic heterocycles. The van der Waals surface area contributed by atoms with Crippen LogP contribution in [0.4, 0.5) is 0 Å². The summed E-state index contributed by atoms with van der Waals surface area (Å²) in [5.74, 6) is 0.309. The second-order valence-corrected chi connectivity index (χ2v) is 5.35. The van der Waals surface area contributed by atoms with Gasteiger partial charge in [-0.3, -0.25) is 4.79 Å². The largest absolute Gasteiger partial charge is 0.468 e. The molecule has 0 amide bonds. The van der Waals surface area contributed by atoms with E-state index >= 15 is 0 Å². The summed E-state index contributed by atoms with van der Waals surface area (Å²) >= 11 is 1.42. The molecule has 0 aliphatic rings. The first-order valence-electron chi connectivity index (χ1n) is 5.35. The summed E-state index contributed by atoms with van der Waals surface area (Å²) in [7, 11) is 1.31.